The molecule has 5 aromatic rings. The van der Waals surface area contributed by atoms with Gasteiger partial charge in [0.25, 0.3) is 0 Å². The highest BCUT2D eigenvalue weighted by Crippen LogP contribution is 2.48. The average molecular weight is 1200 g/mol. The minimum absolute atomic E-state index is 0.141. The van der Waals surface area contributed by atoms with Crippen molar-refractivity contribution in [2.24, 2.45) is 11.8 Å². The van der Waals surface area contributed by atoms with Gasteiger partial charge in [-0.05, 0) is 46.4 Å². The van der Waals surface area contributed by atoms with E-state index in [1.54, 1.807) is 49.9 Å². The van der Waals surface area contributed by atoms with Crippen LogP contribution in [0, 0.1) is 11.8 Å². The summed E-state index contributed by atoms with van der Waals surface area (Å²) in [6, 6.07) is 28.2. The molecule has 2 bridgehead atoms. The number of aromatic nitrogens is 1. The maximum Gasteiger partial charge on any atom is 0.246 e. The van der Waals surface area contributed by atoms with Crippen LogP contribution in [0.3, 0.4) is 0 Å². The molecule has 3 aliphatic heterocycles. The molecule has 9 amide bonds. The van der Waals surface area contributed by atoms with E-state index in [4.69, 9.17) is 0 Å². The molecule has 1 fully saturated rings. The summed E-state index contributed by atoms with van der Waals surface area (Å²) in [5, 5.41) is 54.5. The smallest absolute Gasteiger partial charge is 0.246 e. The molecule has 452 valence electrons. The molecule has 85 heavy (non-hydrogen) atoms. The first-order chi connectivity index (χ1) is 40.9. The Balaban J connectivity index is 1.14. The van der Waals surface area contributed by atoms with E-state index >= 15 is 4.79 Å². The molecule has 8 rings (SSSR count). The molecule has 12 N–H and O–H groups in total. The van der Waals surface area contributed by atoms with Gasteiger partial charge in [0.15, 0.2) is 0 Å². The number of fused-ring (bicyclic) bond motifs is 5. The number of thioether (sulfide) groups is 2. The molecule has 3 aliphatic rings. The van der Waals surface area contributed by atoms with Crippen molar-refractivity contribution in [1.29, 1.82) is 0 Å². The minimum Gasteiger partial charge on any atom is -0.394 e. The summed E-state index contributed by atoms with van der Waals surface area (Å²) < 4.78 is -0.637. The van der Waals surface area contributed by atoms with Crippen LogP contribution in [0.1, 0.15) is 68.7 Å². The van der Waals surface area contributed by atoms with Gasteiger partial charge in [-0.15, -0.1) is 23.5 Å². The SMILES string of the molecule is CCC(C)[C@@H]1NC(=O)CNC(=O)C2Cc3c([nH]c4ccccc34)SCC(NC(=O)CNC1=O)C(=O)N[C@@H](CC(=O)NCCCSC(c1ccccc1)(c1ccccc1)c1ccccc1)C(=O)N1CC(O)C[C@H]1C(=O)N[C@@H]([C@@H](C)[C@@H](O)CO)C(=O)N2. The number of aliphatic hydroxyl groups excluding tert-OH is 3. The van der Waals surface area contributed by atoms with Crippen LogP contribution in [0.4, 0.5) is 0 Å². The van der Waals surface area contributed by atoms with E-state index in [9.17, 15) is 53.7 Å². The first kappa shape index (κ1) is 63.3. The number of amides is 9. The average Bonchev–Trinajstić information content (AvgIpc) is 3.03. The predicted octanol–water partition coefficient (Wildman–Crippen LogP) is 1.11. The number of carbonyl (C=O) groups excluding carboxylic acids is 9. The Bertz CT molecular complexity index is 3100. The third kappa shape index (κ3) is 15.4. The lowest BCUT2D eigenvalue weighted by molar-refractivity contribution is -0.144. The number of aromatic amines is 1. The lowest BCUT2D eigenvalue weighted by Gasteiger charge is -2.35. The fourth-order valence-electron chi connectivity index (χ4n) is 10.9. The number of hydrogen-bond acceptors (Lipinski definition) is 14. The Hall–Kier alpha value is -7.77. The van der Waals surface area contributed by atoms with Crippen molar-refractivity contribution in [2.75, 3.05) is 44.3 Å². The van der Waals surface area contributed by atoms with Crippen molar-refractivity contribution in [3.05, 3.63) is 138 Å². The van der Waals surface area contributed by atoms with Gasteiger partial charge in [-0.3, -0.25) is 43.2 Å². The fraction of sp³-hybridized carbons (Fsp3) is 0.426. The molecule has 0 saturated carbocycles. The van der Waals surface area contributed by atoms with Gasteiger partial charge in [-0.2, -0.15) is 0 Å². The van der Waals surface area contributed by atoms with Crippen LogP contribution in [-0.4, -0.2) is 171 Å². The van der Waals surface area contributed by atoms with E-state index in [1.807, 2.05) is 54.6 Å². The van der Waals surface area contributed by atoms with E-state index in [2.05, 4.69) is 83.9 Å². The minimum atomic E-state index is -1.73. The van der Waals surface area contributed by atoms with Crippen LogP contribution >= 0.6 is 23.5 Å². The summed E-state index contributed by atoms with van der Waals surface area (Å²) in [6.45, 7) is 2.39. The highest BCUT2D eigenvalue weighted by atomic mass is 32.2. The monoisotopic (exact) mass is 1200 g/mol. The number of nitrogens with one attached hydrogen (secondary N) is 9. The number of nitrogens with zero attached hydrogens (tertiary/aromatic N) is 1. The second kappa shape index (κ2) is 29.4. The molecular weight excluding hydrogens is 1130 g/mol. The molecule has 22 nitrogen and oxygen atoms in total. The zero-order valence-electron chi connectivity index (χ0n) is 47.5. The maximum atomic E-state index is 15.1. The van der Waals surface area contributed by atoms with Gasteiger partial charge >= 0.3 is 0 Å². The van der Waals surface area contributed by atoms with Crippen LogP contribution < -0.4 is 42.5 Å². The summed E-state index contributed by atoms with van der Waals surface area (Å²) in [5.41, 5.74) is 4.19. The molecule has 1 saturated heterocycles. The Morgan fingerprint density at radius 2 is 1.32 bits per heavy atom. The number of carbonyl (C=O) groups is 9. The van der Waals surface area contributed by atoms with E-state index in [0.29, 0.717) is 40.1 Å². The Labute approximate surface area is 500 Å². The summed E-state index contributed by atoms with van der Waals surface area (Å²) in [5.74, 6) is -9.21. The summed E-state index contributed by atoms with van der Waals surface area (Å²) >= 11 is 2.74. The molecule has 24 heteroatoms. The molecule has 4 heterocycles. The topological polar surface area (TPSA) is 330 Å². The van der Waals surface area contributed by atoms with Gasteiger partial charge in [-0.25, -0.2) is 0 Å². The van der Waals surface area contributed by atoms with Crippen LogP contribution in [0.15, 0.2) is 120 Å². The van der Waals surface area contributed by atoms with Crippen molar-refractivity contribution in [3.8, 4) is 0 Å². The molecule has 0 aliphatic carbocycles. The zero-order chi connectivity index (χ0) is 60.8. The van der Waals surface area contributed by atoms with E-state index < -0.39 is 151 Å². The van der Waals surface area contributed by atoms with Crippen molar-refractivity contribution in [3.63, 3.8) is 0 Å². The Morgan fingerprint density at radius 1 is 0.718 bits per heavy atom. The standard InChI is InChI=1S/C61H74N10O12S2/c1-4-35(2)52-57(81)64-30-50(76)65-46-34-84-59-42(41-23-14-15-24-43(41)68-59)28-44(54(78)63-31-51(77)69-52)66-58(82)53(36(3)48(74)33-72)70-56(80)47-27-40(73)32-71(47)60(83)45(67-55(46)79)29-49(75)62-25-16-26-85-61(37-17-8-5-9-18-37,38-19-10-6-11-20-38)39-21-12-7-13-22-39/h5-15,17-24,35-36,40,44-48,52-53,68,72-74H,4,16,25-34H2,1-3H3,(H,62,75)(H,63,78)(H,64,81)(H,65,76)(H,66,82)(H,67,79)(H,69,77)(H,70,80)/t35?,36-,40?,44?,45-,46?,47-,48-,52-,53-/m0/s1. The molecular formula is C61H74N10O12S2. The molecule has 4 unspecified atom stereocenters. The number of benzene rings is 4. The van der Waals surface area contributed by atoms with Crippen LogP contribution in [-0.2, 0) is 54.3 Å². The summed E-state index contributed by atoms with van der Waals surface area (Å²) in [7, 11) is 0. The van der Waals surface area contributed by atoms with E-state index in [0.717, 1.165) is 33.4 Å². The second-order valence-corrected chi connectivity index (χ2v) is 24.0. The number of hydrogen-bond donors (Lipinski definition) is 12. The third-order valence-electron chi connectivity index (χ3n) is 15.8. The van der Waals surface area contributed by atoms with E-state index in [1.165, 1.54) is 6.92 Å². The fourth-order valence-corrected chi connectivity index (χ4v) is 13.5. The normalized spacial score (nSPS) is 23.6. The second-order valence-electron chi connectivity index (χ2n) is 21.6. The van der Waals surface area contributed by atoms with Gasteiger partial charge in [-0.1, -0.05) is 136 Å². The number of para-hydroxylation sites is 1. The van der Waals surface area contributed by atoms with Crippen molar-refractivity contribution >= 4 is 87.6 Å². The number of rotatable bonds is 15. The van der Waals surface area contributed by atoms with Gasteiger partial charge in [0.1, 0.15) is 36.3 Å². The molecule has 1 aromatic heterocycles. The largest absolute Gasteiger partial charge is 0.394 e. The predicted molar refractivity (Wildman–Crippen MR) is 320 cm³/mol. The Morgan fingerprint density at radius 3 is 1.94 bits per heavy atom. The van der Waals surface area contributed by atoms with Crippen molar-refractivity contribution in [2.45, 2.75) is 111 Å². The highest BCUT2D eigenvalue weighted by molar-refractivity contribution is 8.00. The lowest BCUT2D eigenvalue weighted by Crippen LogP contribution is -2.62. The van der Waals surface area contributed by atoms with Gasteiger partial charge in [0.2, 0.25) is 53.2 Å². The highest BCUT2D eigenvalue weighted by Gasteiger charge is 2.45. The van der Waals surface area contributed by atoms with Crippen LogP contribution in [0.25, 0.3) is 10.9 Å². The van der Waals surface area contributed by atoms with Crippen molar-refractivity contribution < 1.29 is 58.5 Å². The zero-order valence-corrected chi connectivity index (χ0v) is 49.1. The summed E-state index contributed by atoms with van der Waals surface area (Å²) in [6.07, 6.45) is -3.36. The molecule has 0 radical (unpaired) electrons. The molecule has 10 atom stereocenters. The molecule has 4 aromatic carbocycles. The van der Waals surface area contributed by atoms with Gasteiger partial charge in [0, 0.05) is 48.5 Å². The maximum absolute atomic E-state index is 15.1. The number of H-pyrrole nitrogens is 1. The van der Waals surface area contributed by atoms with E-state index in [-0.39, 0.29) is 25.1 Å². The molecule has 0 spiro atoms. The van der Waals surface area contributed by atoms with Crippen LogP contribution in [0.2, 0.25) is 0 Å². The first-order valence-corrected chi connectivity index (χ1v) is 30.5. The Kier molecular flexibility index (Phi) is 21.8. The lowest BCUT2D eigenvalue weighted by atomic mass is 9.84. The van der Waals surface area contributed by atoms with Crippen molar-refractivity contribution in [1.82, 2.24) is 52.4 Å². The first-order valence-electron chi connectivity index (χ1n) is 28.5. The number of aliphatic hydroxyl groups is 3. The summed E-state index contributed by atoms with van der Waals surface area (Å²) in [4.78, 5) is 134. The quantitative estimate of drug-likeness (QED) is 0.0517. The van der Waals surface area contributed by atoms with Gasteiger partial charge < -0.3 is 67.7 Å². The van der Waals surface area contributed by atoms with Gasteiger partial charge in [0.05, 0.1) is 48.1 Å². The van der Waals surface area contributed by atoms with Crippen LogP contribution in [0.5, 0.6) is 0 Å². The third-order valence-corrected chi connectivity index (χ3v) is 18.6.